The van der Waals surface area contributed by atoms with E-state index < -0.39 is 5.91 Å². The van der Waals surface area contributed by atoms with Gasteiger partial charge in [-0.1, -0.05) is 11.6 Å². The predicted octanol–water partition coefficient (Wildman–Crippen LogP) is 3.42. The Morgan fingerprint density at radius 1 is 1.54 bits per heavy atom. The van der Waals surface area contributed by atoms with E-state index in [0.717, 1.165) is 11.3 Å². The fourth-order valence-electron chi connectivity index (χ4n) is 2.11. The summed E-state index contributed by atoms with van der Waals surface area (Å²) in [6.45, 7) is 4.50. The van der Waals surface area contributed by atoms with Crippen LogP contribution in [0.3, 0.4) is 0 Å². The number of carbonyl (C=O) groups excluding carboxylic acids is 1. The number of rotatable bonds is 5. The van der Waals surface area contributed by atoms with Crippen LogP contribution in [0.1, 0.15) is 18.2 Å². The molecule has 2 rings (SSSR count). The molecule has 1 aromatic heterocycles. The minimum atomic E-state index is -0.540. The average Bonchev–Trinajstić information content (AvgIpc) is 2.92. The molecule has 0 atom stereocenters. The first-order valence-electron chi connectivity index (χ1n) is 7.29. The molecule has 0 radical (unpaired) electrons. The first-order chi connectivity index (χ1) is 11.5. The van der Waals surface area contributed by atoms with E-state index in [9.17, 15) is 10.1 Å². The summed E-state index contributed by atoms with van der Waals surface area (Å²) < 4.78 is 6.92. The molecular formula is C17H17ClN4O2. The first-order valence-corrected chi connectivity index (χ1v) is 7.67. The lowest BCUT2D eigenvalue weighted by atomic mass is 10.1. The van der Waals surface area contributed by atoms with Gasteiger partial charge in [-0.05, 0) is 38.1 Å². The molecule has 1 N–H and O–H groups in total. The van der Waals surface area contributed by atoms with Crippen molar-refractivity contribution in [3.05, 3.63) is 46.2 Å². The number of ether oxygens (including phenoxy) is 1. The number of anilines is 1. The minimum absolute atomic E-state index is 0.0317. The van der Waals surface area contributed by atoms with Crippen molar-refractivity contribution in [3.8, 4) is 11.8 Å². The summed E-state index contributed by atoms with van der Waals surface area (Å²) in [5.41, 5.74) is 1.84. The van der Waals surface area contributed by atoms with E-state index in [2.05, 4.69) is 10.4 Å². The average molecular weight is 345 g/mol. The molecular weight excluding hydrogens is 328 g/mol. The van der Waals surface area contributed by atoms with Gasteiger partial charge in [0.25, 0.3) is 5.91 Å². The number of aromatic nitrogens is 2. The Kier molecular flexibility index (Phi) is 5.61. The highest BCUT2D eigenvalue weighted by Crippen LogP contribution is 2.28. The van der Waals surface area contributed by atoms with Crippen LogP contribution in [0.15, 0.2) is 30.0 Å². The molecule has 1 aromatic carbocycles. The lowest BCUT2D eigenvalue weighted by Gasteiger charge is -2.10. The third kappa shape index (κ3) is 3.94. The fourth-order valence-corrected chi connectivity index (χ4v) is 2.28. The van der Waals surface area contributed by atoms with E-state index >= 15 is 0 Å². The summed E-state index contributed by atoms with van der Waals surface area (Å²) >= 11 is 5.94. The van der Waals surface area contributed by atoms with Crippen LogP contribution >= 0.6 is 11.6 Å². The summed E-state index contributed by atoms with van der Waals surface area (Å²) in [4.78, 5) is 12.4. The van der Waals surface area contributed by atoms with Crippen LogP contribution in [0.4, 0.5) is 5.69 Å². The number of methoxy groups -OCH3 is 1. The van der Waals surface area contributed by atoms with Gasteiger partial charge in [-0.2, -0.15) is 10.4 Å². The minimum Gasteiger partial charge on any atom is -0.495 e. The molecule has 0 aliphatic rings. The van der Waals surface area contributed by atoms with E-state index in [1.807, 2.05) is 19.9 Å². The first kappa shape index (κ1) is 17.6. The predicted molar refractivity (Wildman–Crippen MR) is 92.9 cm³/mol. The monoisotopic (exact) mass is 344 g/mol. The molecule has 1 heterocycles. The molecule has 0 aliphatic heterocycles. The highest BCUT2D eigenvalue weighted by molar-refractivity contribution is 6.31. The highest BCUT2D eigenvalue weighted by atomic mass is 35.5. The normalized spacial score (nSPS) is 11.0. The van der Waals surface area contributed by atoms with E-state index in [1.54, 1.807) is 29.1 Å². The van der Waals surface area contributed by atoms with Gasteiger partial charge >= 0.3 is 0 Å². The maximum absolute atomic E-state index is 12.4. The van der Waals surface area contributed by atoms with Gasteiger partial charge in [0.2, 0.25) is 0 Å². The third-order valence-electron chi connectivity index (χ3n) is 3.38. The molecule has 0 bridgehead atoms. The molecule has 0 fully saturated rings. The molecule has 24 heavy (non-hydrogen) atoms. The van der Waals surface area contributed by atoms with Gasteiger partial charge < -0.3 is 10.1 Å². The van der Waals surface area contributed by atoms with Crippen LogP contribution in [0, 0.1) is 18.3 Å². The van der Waals surface area contributed by atoms with Crippen molar-refractivity contribution in [2.24, 2.45) is 0 Å². The highest BCUT2D eigenvalue weighted by Gasteiger charge is 2.14. The quantitative estimate of drug-likeness (QED) is 0.665. The molecule has 0 spiro atoms. The summed E-state index contributed by atoms with van der Waals surface area (Å²) in [5, 5.41) is 16.7. The molecule has 1 amide bonds. The van der Waals surface area contributed by atoms with Crippen molar-refractivity contribution in [2.45, 2.75) is 20.4 Å². The summed E-state index contributed by atoms with van der Waals surface area (Å²) in [7, 11) is 1.49. The number of nitrogens with one attached hydrogen (secondary N) is 1. The number of hydrogen-bond acceptors (Lipinski definition) is 4. The Morgan fingerprint density at radius 3 is 2.88 bits per heavy atom. The summed E-state index contributed by atoms with van der Waals surface area (Å²) in [6, 6.07) is 6.77. The second-order valence-electron chi connectivity index (χ2n) is 4.99. The third-order valence-corrected chi connectivity index (χ3v) is 3.62. The van der Waals surface area contributed by atoms with E-state index in [4.69, 9.17) is 16.3 Å². The number of hydrogen-bond donors (Lipinski definition) is 1. The molecule has 124 valence electrons. The Morgan fingerprint density at radius 2 is 2.29 bits per heavy atom. The maximum Gasteiger partial charge on any atom is 0.266 e. The standard InChI is InChI=1S/C17H17ClN4O2/c1-4-22-10-13(11(2)21-22)7-12(9-19)17(23)20-15-8-14(18)5-6-16(15)24-3/h5-8,10H,4H2,1-3H3,(H,20,23)/b12-7+. The Hall–Kier alpha value is -2.78. The van der Waals surface area contributed by atoms with E-state index in [0.29, 0.717) is 23.0 Å². The van der Waals surface area contributed by atoms with Crippen LogP contribution in [-0.4, -0.2) is 22.8 Å². The second kappa shape index (κ2) is 7.66. The van der Waals surface area contributed by atoms with Gasteiger partial charge in [-0.15, -0.1) is 0 Å². The van der Waals surface area contributed by atoms with E-state index in [-0.39, 0.29) is 5.57 Å². The van der Waals surface area contributed by atoms with Gasteiger partial charge in [0, 0.05) is 23.3 Å². The largest absolute Gasteiger partial charge is 0.495 e. The number of benzene rings is 1. The molecule has 6 nitrogen and oxygen atoms in total. The molecule has 0 aliphatic carbocycles. The SMILES string of the molecule is CCn1cc(/C=C(\C#N)C(=O)Nc2cc(Cl)ccc2OC)c(C)n1. The topological polar surface area (TPSA) is 79.9 Å². The summed E-state index contributed by atoms with van der Waals surface area (Å²) in [5.74, 6) is -0.0817. The molecule has 7 heteroatoms. The second-order valence-corrected chi connectivity index (χ2v) is 5.43. The van der Waals surface area contributed by atoms with Crippen LogP contribution in [-0.2, 0) is 11.3 Å². The molecule has 0 saturated heterocycles. The zero-order valence-corrected chi connectivity index (χ0v) is 14.4. The van der Waals surface area contributed by atoms with Crippen LogP contribution in [0.5, 0.6) is 5.75 Å². The number of nitrogens with zero attached hydrogens (tertiary/aromatic N) is 3. The number of nitriles is 1. The Labute approximate surface area is 145 Å². The number of halogens is 1. The van der Waals surface area contributed by atoms with Gasteiger partial charge in [0.1, 0.15) is 17.4 Å². The number of aryl methyl sites for hydroxylation is 2. The molecule has 0 saturated carbocycles. The smallest absolute Gasteiger partial charge is 0.266 e. The van der Waals surface area contributed by atoms with Crippen molar-refractivity contribution in [1.29, 1.82) is 5.26 Å². The molecule has 0 unspecified atom stereocenters. The van der Waals surface area contributed by atoms with Crippen LogP contribution in [0.25, 0.3) is 6.08 Å². The van der Waals surface area contributed by atoms with Crippen LogP contribution < -0.4 is 10.1 Å². The Balaban J connectivity index is 2.29. The van der Waals surface area contributed by atoms with Crippen molar-refractivity contribution in [3.63, 3.8) is 0 Å². The number of amides is 1. The van der Waals surface area contributed by atoms with Gasteiger partial charge in [-0.3, -0.25) is 9.48 Å². The fraction of sp³-hybridized carbons (Fsp3) is 0.235. The maximum atomic E-state index is 12.4. The zero-order chi connectivity index (χ0) is 17.7. The van der Waals surface area contributed by atoms with Crippen molar-refractivity contribution < 1.29 is 9.53 Å². The number of carbonyl (C=O) groups is 1. The van der Waals surface area contributed by atoms with Crippen molar-refractivity contribution in [1.82, 2.24) is 9.78 Å². The van der Waals surface area contributed by atoms with Crippen molar-refractivity contribution in [2.75, 3.05) is 12.4 Å². The lowest BCUT2D eigenvalue weighted by Crippen LogP contribution is -2.14. The lowest BCUT2D eigenvalue weighted by molar-refractivity contribution is -0.112. The Bertz CT molecular complexity index is 834. The van der Waals surface area contributed by atoms with Crippen LogP contribution in [0.2, 0.25) is 5.02 Å². The van der Waals surface area contributed by atoms with Crippen molar-refractivity contribution >= 4 is 29.3 Å². The van der Waals surface area contributed by atoms with Gasteiger partial charge in [0.05, 0.1) is 18.5 Å². The van der Waals surface area contributed by atoms with Gasteiger partial charge in [-0.25, -0.2) is 0 Å². The van der Waals surface area contributed by atoms with Gasteiger partial charge in [0.15, 0.2) is 0 Å². The zero-order valence-electron chi connectivity index (χ0n) is 13.6. The summed E-state index contributed by atoms with van der Waals surface area (Å²) in [6.07, 6.45) is 3.31. The molecule has 2 aromatic rings. The van der Waals surface area contributed by atoms with E-state index in [1.165, 1.54) is 13.2 Å².